The molecule has 1 heterocycles. The third kappa shape index (κ3) is 5.40. The number of benzene rings is 2. The number of nitrogens with zero attached hydrogens (tertiary/aromatic N) is 1. The van der Waals surface area contributed by atoms with E-state index < -0.39 is 26.6 Å². The minimum Gasteiger partial charge on any atom is -0.494 e. The SMILES string of the molecule is CCCOc1ccc(NC(=O)C2CCN(S(=O)(=O)c3cc(F)ccc3F)CC2)c(C)c1. The molecule has 2 aromatic carbocycles. The number of hydrogen-bond acceptors (Lipinski definition) is 4. The van der Waals surface area contributed by atoms with E-state index in [0.29, 0.717) is 31.2 Å². The Morgan fingerprint density at radius 3 is 2.52 bits per heavy atom. The van der Waals surface area contributed by atoms with Crippen molar-refractivity contribution in [1.29, 1.82) is 0 Å². The van der Waals surface area contributed by atoms with Crippen molar-refractivity contribution in [3.8, 4) is 5.75 Å². The molecule has 3 rings (SSSR count). The predicted octanol–water partition coefficient (Wildman–Crippen LogP) is 4.10. The van der Waals surface area contributed by atoms with Crippen LogP contribution in [0.4, 0.5) is 14.5 Å². The number of piperidine rings is 1. The van der Waals surface area contributed by atoms with Crippen LogP contribution in [-0.4, -0.2) is 38.3 Å². The number of hydrogen-bond donors (Lipinski definition) is 1. The van der Waals surface area contributed by atoms with Crippen molar-refractivity contribution in [1.82, 2.24) is 4.31 Å². The molecule has 1 fully saturated rings. The van der Waals surface area contributed by atoms with E-state index in [-0.39, 0.29) is 24.9 Å². The van der Waals surface area contributed by atoms with E-state index in [1.807, 2.05) is 19.9 Å². The molecule has 1 saturated heterocycles. The Kier molecular flexibility index (Phi) is 7.27. The number of anilines is 1. The van der Waals surface area contributed by atoms with Gasteiger partial charge in [-0.1, -0.05) is 6.92 Å². The minimum atomic E-state index is -4.17. The first kappa shape index (κ1) is 23.1. The van der Waals surface area contributed by atoms with Gasteiger partial charge in [0.05, 0.1) is 6.61 Å². The molecular weight excluding hydrogens is 426 g/mol. The Labute approximate surface area is 181 Å². The van der Waals surface area contributed by atoms with Crippen LogP contribution in [0.5, 0.6) is 5.75 Å². The quantitative estimate of drug-likeness (QED) is 0.686. The lowest BCUT2D eigenvalue weighted by atomic mass is 9.97. The zero-order chi connectivity index (χ0) is 22.6. The van der Waals surface area contributed by atoms with Crippen LogP contribution in [-0.2, 0) is 14.8 Å². The summed E-state index contributed by atoms with van der Waals surface area (Å²) in [6, 6.07) is 7.78. The zero-order valence-corrected chi connectivity index (χ0v) is 18.3. The molecule has 1 aliphatic heterocycles. The van der Waals surface area contributed by atoms with Crippen molar-refractivity contribution in [3.63, 3.8) is 0 Å². The molecular formula is C22H26F2N2O4S. The van der Waals surface area contributed by atoms with Gasteiger partial charge in [0.2, 0.25) is 15.9 Å². The number of ether oxygens (including phenoxy) is 1. The summed E-state index contributed by atoms with van der Waals surface area (Å²) in [7, 11) is -4.17. The fourth-order valence-electron chi connectivity index (χ4n) is 3.49. The molecule has 31 heavy (non-hydrogen) atoms. The van der Waals surface area contributed by atoms with Gasteiger partial charge in [0.25, 0.3) is 0 Å². The van der Waals surface area contributed by atoms with Gasteiger partial charge in [0.1, 0.15) is 22.3 Å². The summed E-state index contributed by atoms with van der Waals surface area (Å²) >= 11 is 0. The second-order valence-electron chi connectivity index (χ2n) is 7.57. The van der Waals surface area contributed by atoms with Gasteiger partial charge in [-0.25, -0.2) is 17.2 Å². The molecule has 1 aliphatic rings. The largest absolute Gasteiger partial charge is 0.494 e. The molecule has 6 nitrogen and oxygen atoms in total. The minimum absolute atomic E-state index is 0.0547. The van der Waals surface area contributed by atoms with Crippen molar-refractivity contribution in [2.75, 3.05) is 25.0 Å². The monoisotopic (exact) mass is 452 g/mol. The Morgan fingerprint density at radius 2 is 1.87 bits per heavy atom. The molecule has 0 atom stereocenters. The number of sulfonamides is 1. The van der Waals surface area contributed by atoms with Gasteiger partial charge in [-0.3, -0.25) is 4.79 Å². The fraction of sp³-hybridized carbons (Fsp3) is 0.409. The maximum atomic E-state index is 14.0. The number of carbonyl (C=O) groups is 1. The third-order valence-electron chi connectivity index (χ3n) is 5.26. The van der Waals surface area contributed by atoms with Gasteiger partial charge in [-0.2, -0.15) is 4.31 Å². The van der Waals surface area contributed by atoms with Crippen molar-refractivity contribution < 1.29 is 26.7 Å². The molecule has 0 bridgehead atoms. The van der Waals surface area contributed by atoms with Crippen LogP contribution in [0.1, 0.15) is 31.7 Å². The number of amides is 1. The number of aryl methyl sites for hydroxylation is 1. The molecule has 9 heteroatoms. The second-order valence-corrected chi connectivity index (χ2v) is 9.47. The highest BCUT2D eigenvalue weighted by atomic mass is 32.2. The van der Waals surface area contributed by atoms with Gasteiger partial charge < -0.3 is 10.1 Å². The van der Waals surface area contributed by atoms with E-state index >= 15 is 0 Å². The molecule has 0 spiro atoms. The highest BCUT2D eigenvalue weighted by Gasteiger charge is 2.34. The maximum absolute atomic E-state index is 14.0. The molecule has 168 valence electrons. The van der Waals surface area contributed by atoms with E-state index in [4.69, 9.17) is 4.74 Å². The van der Waals surface area contributed by atoms with Gasteiger partial charge in [0, 0.05) is 24.7 Å². The van der Waals surface area contributed by atoms with Crippen LogP contribution in [0.2, 0.25) is 0 Å². The van der Waals surface area contributed by atoms with Gasteiger partial charge in [0.15, 0.2) is 0 Å². The standard InChI is InChI=1S/C22H26F2N2O4S/c1-3-12-30-18-5-7-20(15(2)13-18)25-22(27)16-8-10-26(11-9-16)31(28,29)21-14-17(23)4-6-19(21)24/h4-7,13-14,16H,3,8-12H2,1-2H3,(H,25,27). The zero-order valence-electron chi connectivity index (χ0n) is 17.5. The topological polar surface area (TPSA) is 75.7 Å². The van der Waals surface area contributed by atoms with E-state index in [1.54, 1.807) is 12.1 Å². The molecule has 0 aromatic heterocycles. The van der Waals surface area contributed by atoms with Crippen LogP contribution in [0.25, 0.3) is 0 Å². The Morgan fingerprint density at radius 1 is 1.16 bits per heavy atom. The maximum Gasteiger partial charge on any atom is 0.246 e. The van der Waals surface area contributed by atoms with Crippen LogP contribution in [0, 0.1) is 24.5 Å². The van der Waals surface area contributed by atoms with E-state index in [9.17, 15) is 22.0 Å². The predicted molar refractivity (Wildman–Crippen MR) is 113 cm³/mol. The number of nitrogens with one attached hydrogen (secondary N) is 1. The molecule has 0 radical (unpaired) electrons. The number of rotatable bonds is 7. The van der Waals surface area contributed by atoms with E-state index in [2.05, 4.69) is 5.32 Å². The Hall–Kier alpha value is -2.52. The average molecular weight is 453 g/mol. The van der Waals surface area contributed by atoms with Crippen molar-refractivity contribution in [3.05, 3.63) is 53.6 Å². The van der Waals surface area contributed by atoms with Crippen LogP contribution in [0.15, 0.2) is 41.3 Å². The van der Waals surface area contributed by atoms with Crippen molar-refractivity contribution >= 4 is 21.6 Å². The Bertz CT molecular complexity index is 1050. The smallest absolute Gasteiger partial charge is 0.246 e. The second kappa shape index (κ2) is 9.74. The van der Waals surface area contributed by atoms with Gasteiger partial charge in [-0.15, -0.1) is 0 Å². The first-order valence-electron chi connectivity index (χ1n) is 10.2. The molecule has 0 saturated carbocycles. The van der Waals surface area contributed by atoms with Crippen molar-refractivity contribution in [2.45, 2.75) is 38.0 Å². The summed E-state index contributed by atoms with van der Waals surface area (Å²) in [5, 5.41) is 2.89. The molecule has 0 aliphatic carbocycles. The average Bonchev–Trinajstić information content (AvgIpc) is 2.75. The molecule has 1 N–H and O–H groups in total. The highest BCUT2D eigenvalue weighted by Crippen LogP contribution is 2.28. The summed E-state index contributed by atoms with van der Waals surface area (Å²) in [5.41, 5.74) is 1.54. The highest BCUT2D eigenvalue weighted by molar-refractivity contribution is 7.89. The summed E-state index contributed by atoms with van der Waals surface area (Å²) in [6.07, 6.45) is 1.48. The Balaban J connectivity index is 1.62. The normalized spacial score (nSPS) is 15.6. The lowest BCUT2D eigenvalue weighted by Crippen LogP contribution is -2.41. The summed E-state index contributed by atoms with van der Waals surface area (Å²) in [5.74, 6) is -1.65. The van der Waals surface area contributed by atoms with Crippen LogP contribution < -0.4 is 10.1 Å². The summed E-state index contributed by atoms with van der Waals surface area (Å²) in [4.78, 5) is 12.0. The van der Waals surface area contributed by atoms with Gasteiger partial charge >= 0.3 is 0 Å². The summed E-state index contributed by atoms with van der Waals surface area (Å²) < 4.78 is 59.4. The lowest BCUT2D eigenvalue weighted by Gasteiger charge is -2.30. The molecule has 1 amide bonds. The number of carbonyl (C=O) groups excluding carboxylic acids is 1. The summed E-state index contributed by atoms with van der Waals surface area (Å²) in [6.45, 7) is 4.62. The lowest BCUT2D eigenvalue weighted by molar-refractivity contribution is -0.120. The van der Waals surface area contributed by atoms with Crippen molar-refractivity contribution in [2.24, 2.45) is 5.92 Å². The van der Waals surface area contributed by atoms with Crippen LogP contribution in [0.3, 0.4) is 0 Å². The fourth-order valence-corrected chi connectivity index (χ4v) is 5.04. The molecule has 2 aromatic rings. The molecule has 0 unspecified atom stereocenters. The number of halogens is 2. The first-order valence-corrected chi connectivity index (χ1v) is 11.7. The van der Waals surface area contributed by atoms with Gasteiger partial charge in [-0.05, 0) is 68.1 Å². The van der Waals surface area contributed by atoms with E-state index in [1.165, 1.54) is 0 Å². The van der Waals surface area contributed by atoms with E-state index in [0.717, 1.165) is 34.2 Å². The van der Waals surface area contributed by atoms with Crippen LogP contribution >= 0.6 is 0 Å². The third-order valence-corrected chi connectivity index (χ3v) is 7.18. The first-order chi connectivity index (χ1) is 14.7.